The number of aromatic amines is 1. The molecule has 2 aliphatic heterocycles. The van der Waals surface area contributed by atoms with Crippen molar-refractivity contribution in [1.82, 2.24) is 19.9 Å². The fraction of sp³-hybridized carbons (Fsp3) is 0.400. The van der Waals surface area contributed by atoms with Gasteiger partial charge in [0.1, 0.15) is 5.82 Å². The number of likely N-dealkylation sites (N-methyl/N-ethyl adjacent to an activating group) is 1. The highest BCUT2D eigenvalue weighted by molar-refractivity contribution is 6.07. The van der Waals surface area contributed by atoms with Crippen LogP contribution < -0.4 is 25.4 Å². The molecule has 0 unspecified atom stereocenters. The van der Waals surface area contributed by atoms with E-state index in [0.717, 1.165) is 6.20 Å². The van der Waals surface area contributed by atoms with Gasteiger partial charge in [0.2, 0.25) is 11.5 Å². The van der Waals surface area contributed by atoms with E-state index in [1.54, 1.807) is 0 Å². The highest BCUT2D eigenvalue weighted by Crippen LogP contribution is 2.37. The summed E-state index contributed by atoms with van der Waals surface area (Å²) in [6.07, 6.45) is 1.31. The van der Waals surface area contributed by atoms with Crippen molar-refractivity contribution < 1.29 is 27.1 Å². The van der Waals surface area contributed by atoms with Crippen LogP contribution in [0, 0.1) is 5.82 Å². The van der Waals surface area contributed by atoms with Crippen molar-refractivity contribution in [2.24, 2.45) is 0 Å². The summed E-state index contributed by atoms with van der Waals surface area (Å²) in [5, 5.41) is 2.60. The number of nitrogens with one attached hydrogen (secondary N) is 2. The number of nitrogens with zero attached hydrogens (tertiary/aromatic N) is 5. The van der Waals surface area contributed by atoms with E-state index in [4.69, 9.17) is 4.74 Å². The van der Waals surface area contributed by atoms with Crippen molar-refractivity contribution in [1.29, 1.82) is 0 Å². The lowest BCUT2D eigenvalue weighted by Gasteiger charge is -2.44. The summed E-state index contributed by atoms with van der Waals surface area (Å²) in [6, 6.07) is 3.29. The third-order valence-electron chi connectivity index (χ3n) is 8.14. The lowest BCUT2D eigenvalue weighted by molar-refractivity contribution is -0.138. The van der Waals surface area contributed by atoms with Crippen LogP contribution in [0.5, 0.6) is 5.75 Å². The van der Waals surface area contributed by atoms with Crippen LogP contribution in [-0.4, -0.2) is 78.2 Å². The predicted octanol–water partition coefficient (Wildman–Crippen LogP) is 4.41. The number of methoxy groups -OCH3 is 1. The zero-order valence-corrected chi connectivity index (χ0v) is 24.7. The number of amides is 1. The molecule has 1 fully saturated rings. The Morgan fingerprint density at radius 2 is 1.77 bits per heavy atom. The van der Waals surface area contributed by atoms with Gasteiger partial charge in [-0.25, -0.2) is 14.4 Å². The van der Waals surface area contributed by atoms with Gasteiger partial charge in [0.15, 0.2) is 5.75 Å². The molecule has 5 rings (SSSR count). The van der Waals surface area contributed by atoms with Crippen LogP contribution in [0.3, 0.4) is 0 Å². The van der Waals surface area contributed by atoms with Crippen LogP contribution in [0.2, 0.25) is 0 Å². The molecule has 0 saturated carbocycles. The van der Waals surface area contributed by atoms with E-state index in [1.165, 1.54) is 31.6 Å². The maximum absolute atomic E-state index is 15.9. The largest absolute Gasteiger partial charge is 0.494 e. The molecule has 2 N–H and O–H groups in total. The Kier molecular flexibility index (Phi) is 8.64. The minimum atomic E-state index is -4.94. The summed E-state index contributed by atoms with van der Waals surface area (Å²) in [4.78, 5) is 41.8. The Morgan fingerprint density at radius 1 is 1.09 bits per heavy atom. The molecule has 0 spiro atoms. The van der Waals surface area contributed by atoms with E-state index in [-0.39, 0.29) is 29.9 Å². The standard InChI is InChI=1S/C30H33F4N7O3/c1-17-14-41(15-18(2)39(17)3)26-10-24(31)21(19-6-5-7-40(16-19)29-36-11-20(44-4)12-37-29)8-25(26)38-28(43)22-13-35-27(42)9-23(22)30(32,33)34/h6,8-13,17-18H,5,7,14-16H2,1-4H3,(H,35,42)(H,38,43)/t17-,18+. The van der Waals surface area contributed by atoms with E-state index in [9.17, 15) is 22.8 Å². The summed E-state index contributed by atoms with van der Waals surface area (Å²) in [7, 11) is 3.50. The number of piperazine rings is 1. The number of aromatic nitrogens is 3. The normalized spacial score (nSPS) is 19.5. The molecule has 0 bridgehead atoms. The first-order valence-corrected chi connectivity index (χ1v) is 14.1. The maximum atomic E-state index is 15.9. The van der Waals surface area contributed by atoms with Crippen molar-refractivity contribution in [2.75, 3.05) is 55.5 Å². The third-order valence-corrected chi connectivity index (χ3v) is 8.14. The summed E-state index contributed by atoms with van der Waals surface area (Å²) in [5.74, 6) is -0.707. The van der Waals surface area contributed by atoms with E-state index < -0.39 is 34.6 Å². The maximum Gasteiger partial charge on any atom is 0.417 e. The second-order valence-electron chi connectivity index (χ2n) is 11.1. The number of alkyl halides is 3. The fourth-order valence-electron chi connectivity index (χ4n) is 5.54. The fourth-order valence-corrected chi connectivity index (χ4v) is 5.54. The summed E-state index contributed by atoms with van der Waals surface area (Å²) >= 11 is 0. The molecule has 2 atom stereocenters. The molecule has 4 heterocycles. The average Bonchev–Trinajstić information content (AvgIpc) is 2.99. The lowest BCUT2D eigenvalue weighted by atomic mass is 9.98. The predicted molar refractivity (Wildman–Crippen MR) is 159 cm³/mol. The van der Waals surface area contributed by atoms with Gasteiger partial charge in [0.05, 0.1) is 42.0 Å². The number of hydrogen-bond acceptors (Lipinski definition) is 8. The van der Waals surface area contributed by atoms with Gasteiger partial charge in [-0.3, -0.25) is 14.5 Å². The van der Waals surface area contributed by atoms with Crippen LogP contribution in [0.25, 0.3) is 5.57 Å². The number of carbonyl (C=O) groups excluding carboxylic acids is 1. The SMILES string of the molecule is COc1cnc(N2CCC=C(c3cc(NC(=O)c4c[nH]c(=O)cc4C(F)(F)F)c(N4C[C@@H](C)N(C)[C@@H](C)C4)cc3F)C2)nc1. The molecule has 2 aliphatic rings. The molecule has 2 aromatic heterocycles. The average molecular weight is 616 g/mol. The van der Waals surface area contributed by atoms with Crippen LogP contribution in [-0.2, 0) is 6.18 Å². The number of hydrogen-bond donors (Lipinski definition) is 2. The summed E-state index contributed by atoms with van der Waals surface area (Å²) in [5.41, 5.74) is -1.83. The molecule has 10 nitrogen and oxygen atoms in total. The Labute approximate surface area is 251 Å². The minimum absolute atomic E-state index is 0.0835. The third kappa shape index (κ3) is 6.39. The molecular weight excluding hydrogens is 582 g/mol. The van der Waals surface area contributed by atoms with E-state index in [1.807, 2.05) is 36.8 Å². The van der Waals surface area contributed by atoms with Crippen LogP contribution in [0.15, 0.2) is 47.7 Å². The van der Waals surface area contributed by atoms with E-state index >= 15 is 4.39 Å². The number of anilines is 3. The highest BCUT2D eigenvalue weighted by Gasteiger charge is 2.36. The van der Waals surface area contributed by atoms with Crippen LogP contribution >= 0.6 is 0 Å². The van der Waals surface area contributed by atoms with Gasteiger partial charge in [-0.05, 0) is 45.0 Å². The first kappa shape index (κ1) is 31.0. The molecule has 1 amide bonds. The molecule has 3 aromatic rings. The lowest BCUT2D eigenvalue weighted by Crippen LogP contribution is -2.55. The molecular formula is C30H33F4N7O3. The van der Waals surface area contributed by atoms with Gasteiger partial charge in [-0.15, -0.1) is 0 Å². The molecule has 0 radical (unpaired) electrons. The van der Waals surface area contributed by atoms with Crippen LogP contribution in [0.1, 0.15) is 41.8 Å². The molecule has 1 saturated heterocycles. The number of rotatable bonds is 6. The quantitative estimate of drug-likeness (QED) is 0.393. The minimum Gasteiger partial charge on any atom is -0.494 e. The van der Waals surface area contributed by atoms with Crippen molar-refractivity contribution in [3.8, 4) is 5.75 Å². The number of halogens is 4. The molecule has 14 heteroatoms. The van der Waals surface area contributed by atoms with Gasteiger partial charge in [0, 0.05) is 56.1 Å². The Hall–Kier alpha value is -4.46. The number of carbonyl (C=O) groups is 1. The van der Waals surface area contributed by atoms with Crippen LogP contribution in [0.4, 0.5) is 34.9 Å². The van der Waals surface area contributed by atoms with Crippen molar-refractivity contribution in [3.05, 3.63) is 75.7 Å². The van der Waals surface area contributed by atoms with E-state index in [0.29, 0.717) is 55.1 Å². The number of ether oxygens (including phenoxy) is 1. The van der Waals surface area contributed by atoms with Gasteiger partial charge in [-0.2, -0.15) is 13.2 Å². The van der Waals surface area contributed by atoms with Gasteiger partial charge < -0.3 is 24.8 Å². The Balaban J connectivity index is 1.54. The second kappa shape index (κ2) is 12.3. The molecule has 44 heavy (non-hydrogen) atoms. The molecule has 1 aromatic carbocycles. The van der Waals surface area contributed by atoms with Crippen molar-refractivity contribution in [2.45, 2.75) is 38.5 Å². The van der Waals surface area contributed by atoms with Crippen molar-refractivity contribution >= 4 is 28.8 Å². The van der Waals surface area contributed by atoms with Gasteiger partial charge in [0.25, 0.3) is 5.91 Å². The Morgan fingerprint density at radius 3 is 2.41 bits per heavy atom. The monoisotopic (exact) mass is 615 g/mol. The first-order chi connectivity index (χ1) is 20.8. The van der Waals surface area contributed by atoms with Gasteiger partial charge >= 0.3 is 6.18 Å². The summed E-state index contributed by atoms with van der Waals surface area (Å²) in [6.45, 7) is 5.88. The number of benzene rings is 1. The van der Waals surface area contributed by atoms with Gasteiger partial charge in [-0.1, -0.05) is 6.08 Å². The number of pyridine rings is 1. The second-order valence-corrected chi connectivity index (χ2v) is 11.1. The summed E-state index contributed by atoms with van der Waals surface area (Å²) < 4.78 is 62.4. The van der Waals surface area contributed by atoms with Crippen molar-refractivity contribution in [3.63, 3.8) is 0 Å². The first-order valence-electron chi connectivity index (χ1n) is 14.1. The topological polar surface area (TPSA) is 107 Å². The smallest absolute Gasteiger partial charge is 0.417 e. The Bertz CT molecular complexity index is 1610. The highest BCUT2D eigenvalue weighted by atomic mass is 19.4. The zero-order chi connectivity index (χ0) is 31.8. The van der Waals surface area contributed by atoms with E-state index in [2.05, 4.69) is 25.2 Å². The molecule has 0 aliphatic carbocycles. The number of H-pyrrole nitrogens is 1. The zero-order valence-electron chi connectivity index (χ0n) is 24.7. The molecule has 234 valence electrons.